The highest BCUT2D eigenvalue weighted by molar-refractivity contribution is 5.92. The number of aliphatic hydroxyl groups is 2. The highest BCUT2D eigenvalue weighted by Crippen LogP contribution is 2.33. The summed E-state index contributed by atoms with van der Waals surface area (Å²) in [5.74, 6) is 0.528. The van der Waals surface area contributed by atoms with E-state index < -0.39 is 11.7 Å². The molecule has 12 nitrogen and oxygen atoms in total. The number of nitrogens with zero attached hydrogens (tertiary/aromatic N) is 7. The number of aryl methyl sites for hydroxylation is 2. The molecule has 0 bridgehead atoms. The molecule has 0 aliphatic carbocycles. The van der Waals surface area contributed by atoms with Crippen LogP contribution in [-0.4, -0.2) is 71.3 Å². The summed E-state index contributed by atoms with van der Waals surface area (Å²) >= 11 is 0. The topological polar surface area (TPSA) is 133 Å². The number of aromatic nitrogens is 5. The molecule has 0 atom stereocenters. The summed E-state index contributed by atoms with van der Waals surface area (Å²) in [7, 11) is 1.96. The largest absolute Gasteiger partial charge is 0.509 e. The predicted octanol–water partition coefficient (Wildman–Crippen LogP) is 5.48. The Bertz CT molecular complexity index is 1800. The van der Waals surface area contributed by atoms with Gasteiger partial charge in [0.15, 0.2) is 5.82 Å². The van der Waals surface area contributed by atoms with E-state index in [1.165, 1.54) is 18.2 Å². The highest BCUT2D eigenvalue weighted by atomic mass is 16.5. The van der Waals surface area contributed by atoms with Gasteiger partial charge in [0.05, 0.1) is 23.0 Å². The van der Waals surface area contributed by atoms with E-state index in [-0.39, 0.29) is 5.76 Å². The van der Waals surface area contributed by atoms with E-state index in [1.54, 1.807) is 10.8 Å². The number of amides is 1. The number of fused-ring (bicyclic) bond motifs is 2. The van der Waals surface area contributed by atoms with Crippen LogP contribution >= 0.6 is 0 Å². The van der Waals surface area contributed by atoms with E-state index in [4.69, 9.17) is 4.74 Å². The van der Waals surface area contributed by atoms with Crippen molar-refractivity contribution in [3.63, 3.8) is 0 Å². The maximum atomic E-state index is 12.4. The average molecular weight is 585 g/mol. The lowest BCUT2D eigenvalue weighted by Gasteiger charge is -2.35. The number of rotatable bonds is 6. The number of carbonyl (C=O) groups excluding carboxylic acids is 1. The van der Waals surface area contributed by atoms with Crippen LogP contribution in [0, 0.1) is 6.92 Å². The lowest BCUT2D eigenvalue weighted by molar-refractivity contribution is -0.130. The molecule has 3 N–H and O–H groups in total. The molecule has 0 unspecified atom stereocenters. The second-order valence-corrected chi connectivity index (χ2v) is 10.0. The number of hydrogen-bond acceptors (Lipinski definition) is 9. The Morgan fingerprint density at radius 1 is 1.00 bits per heavy atom. The zero-order valence-electron chi connectivity index (χ0n) is 24.9. The van der Waals surface area contributed by atoms with Gasteiger partial charge in [0, 0.05) is 51.2 Å². The maximum absolute atomic E-state index is 12.4. The molecule has 1 aliphatic rings. The van der Waals surface area contributed by atoms with Crippen LogP contribution in [0.25, 0.3) is 16.6 Å². The van der Waals surface area contributed by atoms with E-state index in [9.17, 15) is 15.0 Å². The van der Waals surface area contributed by atoms with Crippen LogP contribution in [0.4, 0.5) is 17.2 Å². The van der Waals surface area contributed by atoms with E-state index in [0.717, 1.165) is 45.0 Å². The second-order valence-electron chi connectivity index (χ2n) is 10.0. The van der Waals surface area contributed by atoms with Gasteiger partial charge in [-0.3, -0.25) is 4.79 Å². The second kappa shape index (κ2) is 12.3. The Labute approximate surface area is 249 Å². The fourth-order valence-corrected chi connectivity index (χ4v) is 5.02. The molecule has 1 saturated heterocycles. The highest BCUT2D eigenvalue weighted by Gasteiger charge is 2.26. The van der Waals surface area contributed by atoms with Crippen molar-refractivity contribution < 1.29 is 19.7 Å². The first kappa shape index (κ1) is 29.2. The molecule has 1 aliphatic heterocycles. The lowest BCUT2D eigenvalue weighted by atomic mass is 10.2. The fraction of sp³-hybridized carbons (Fsp3) is 0.290. The Hall–Kier alpha value is -5.26. The van der Waals surface area contributed by atoms with E-state index in [2.05, 4.69) is 25.3 Å². The van der Waals surface area contributed by atoms with Crippen molar-refractivity contribution in [3.05, 3.63) is 78.4 Å². The minimum Gasteiger partial charge on any atom is -0.509 e. The molecule has 5 aromatic rings. The first-order valence-electron chi connectivity index (χ1n) is 14.2. The number of hydrogen-bond donors (Lipinski definition) is 3. The first-order valence-corrected chi connectivity index (χ1v) is 14.2. The van der Waals surface area contributed by atoms with Crippen LogP contribution < -0.4 is 15.0 Å². The number of anilines is 3. The third-order valence-corrected chi connectivity index (χ3v) is 7.25. The fourth-order valence-electron chi connectivity index (χ4n) is 5.02. The third kappa shape index (κ3) is 5.89. The number of piperazine rings is 1. The van der Waals surface area contributed by atoms with Crippen LogP contribution in [0.15, 0.2) is 72.8 Å². The molecule has 4 heterocycles. The van der Waals surface area contributed by atoms with Crippen molar-refractivity contribution in [1.29, 1.82) is 0 Å². The van der Waals surface area contributed by atoms with Crippen molar-refractivity contribution in [1.82, 2.24) is 29.0 Å². The quantitative estimate of drug-likeness (QED) is 0.175. The number of ether oxygens (including phenoxy) is 1. The van der Waals surface area contributed by atoms with Crippen LogP contribution in [0.2, 0.25) is 0 Å². The van der Waals surface area contributed by atoms with Crippen molar-refractivity contribution >= 4 is 39.6 Å². The van der Waals surface area contributed by atoms with Crippen LogP contribution in [0.5, 0.6) is 11.5 Å². The van der Waals surface area contributed by atoms with E-state index in [1.807, 2.05) is 81.0 Å². The predicted molar refractivity (Wildman–Crippen MR) is 166 cm³/mol. The molecule has 0 saturated carbocycles. The van der Waals surface area contributed by atoms with Gasteiger partial charge in [0.2, 0.25) is 5.76 Å². The molecule has 1 fully saturated rings. The number of allylic oxidation sites excluding steroid dienone is 1. The standard InChI is InChI=1S/C29H30N8O4.C2H6/c1-18-14-20(4-7-25(18)41-21-5-6-23-22(15-21)31-17-34(23)3)33-28-26-24(8-9-37(26)32-16-30-28)35-10-12-36(13-11-35)29(40)27(39)19(2)38;1-2/h4-9,14-17,38-39H,10-13H2,1-3H3,(H,30,32,33);1-2H3/b27-19-;. The zero-order chi connectivity index (χ0) is 30.7. The molecule has 1 amide bonds. The number of benzene rings is 2. The summed E-state index contributed by atoms with van der Waals surface area (Å²) in [5.41, 5.74) is 5.45. The van der Waals surface area contributed by atoms with Gasteiger partial charge in [-0.1, -0.05) is 13.8 Å². The Kier molecular flexibility index (Phi) is 8.37. The molecule has 0 radical (unpaired) electrons. The van der Waals surface area contributed by atoms with Crippen LogP contribution in [0.1, 0.15) is 26.3 Å². The molecule has 43 heavy (non-hydrogen) atoms. The van der Waals surface area contributed by atoms with Crippen LogP contribution in [0.3, 0.4) is 0 Å². The number of imidazole rings is 1. The Morgan fingerprint density at radius 2 is 1.77 bits per heavy atom. The summed E-state index contributed by atoms with van der Waals surface area (Å²) < 4.78 is 9.90. The third-order valence-electron chi connectivity index (χ3n) is 7.25. The number of aliphatic hydroxyl groups excluding tert-OH is 2. The first-order chi connectivity index (χ1) is 20.8. The van der Waals surface area contributed by atoms with Crippen molar-refractivity contribution in [3.8, 4) is 11.5 Å². The molecule has 12 heteroatoms. The summed E-state index contributed by atoms with van der Waals surface area (Å²) in [4.78, 5) is 25.0. The molecule has 224 valence electrons. The lowest BCUT2D eigenvalue weighted by Crippen LogP contribution is -2.49. The minimum atomic E-state index is -0.617. The summed E-state index contributed by atoms with van der Waals surface area (Å²) in [6, 6.07) is 13.7. The normalized spacial score (nSPS) is 13.9. The van der Waals surface area contributed by atoms with Crippen molar-refractivity contribution in [2.75, 3.05) is 36.4 Å². The molecule has 2 aromatic carbocycles. The molecular formula is C31H36N8O4. The maximum Gasteiger partial charge on any atom is 0.292 e. The zero-order valence-corrected chi connectivity index (χ0v) is 24.9. The van der Waals surface area contributed by atoms with Gasteiger partial charge in [-0.05, 0) is 55.8 Å². The molecule has 6 rings (SSSR count). The number of carbonyl (C=O) groups is 1. The van der Waals surface area contributed by atoms with Gasteiger partial charge in [0.25, 0.3) is 5.91 Å². The molecular weight excluding hydrogens is 548 g/mol. The monoisotopic (exact) mass is 584 g/mol. The smallest absolute Gasteiger partial charge is 0.292 e. The minimum absolute atomic E-state index is 0.385. The summed E-state index contributed by atoms with van der Waals surface area (Å²) in [5, 5.41) is 27.1. The van der Waals surface area contributed by atoms with Gasteiger partial charge >= 0.3 is 0 Å². The Balaban J connectivity index is 0.00000180. The molecule has 3 aromatic heterocycles. The summed E-state index contributed by atoms with van der Waals surface area (Å²) in [6.07, 6.45) is 5.16. The average Bonchev–Trinajstić information content (AvgIpc) is 3.63. The van der Waals surface area contributed by atoms with Crippen LogP contribution in [-0.2, 0) is 11.8 Å². The summed E-state index contributed by atoms with van der Waals surface area (Å²) in [6.45, 7) is 9.18. The van der Waals surface area contributed by atoms with Crippen molar-refractivity contribution in [2.45, 2.75) is 27.7 Å². The van der Waals surface area contributed by atoms with E-state index in [0.29, 0.717) is 32.0 Å². The van der Waals surface area contributed by atoms with E-state index >= 15 is 0 Å². The van der Waals surface area contributed by atoms with Gasteiger partial charge in [-0.25, -0.2) is 14.5 Å². The van der Waals surface area contributed by atoms with Gasteiger partial charge in [-0.15, -0.1) is 0 Å². The van der Waals surface area contributed by atoms with Gasteiger partial charge < -0.3 is 34.6 Å². The Morgan fingerprint density at radius 3 is 2.49 bits per heavy atom. The van der Waals surface area contributed by atoms with Gasteiger partial charge in [-0.2, -0.15) is 5.10 Å². The SMILES string of the molecule is C/C(O)=C(/O)C(=O)N1CCN(c2ccn3ncnc(Nc4ccc(Oc5ccc6c(c5)ncn6C)c(C)c4)c23)CC1.CC. The van der Waals surface area contributed by atoms with Gasteiger partial charge in [0.1, 0.15) is 29.1 Å². The molecule has 0 spiro atoms. The van der Waals surface area contributed by atoms with Crippen molar-refractivity contribution in [2.24, 2.45) is 7.05 Å². The number of nitrogens with one attached hydrogen (secondary N) is 1.